The normalized spacial score (nSPS) is 16.5. The molecule has 1 aliphatic carbocycles. The van der Waals surface area contributed by atoms with Crippen LogP contribution in [0.1, 0.15) is 35.0 Å². The first-order valence-corrected chi connectivity index (χ1v) is 9.38. The van der Waals surface area contributed by atoms with E-state index in [1.165, 1.54) is 12.0 Å². The number of anilines is 1. The van der Waals surface area contributed by atoms with Gasteiger partial charge in [0.1, 0.15) is 5.75 Å². The highest BCUT2D eigenvalue weighted by Gasteiger charge is 2.25. The Labute approximate surface area is 153 Å². The molecule has 6 heteroatoms. The van der Waals surface area contributed by atoms with Gasteiger partial charge >= 0.3 is 0 Å². The molecule has 0 spiro atoms. The molecule has 2 aromatic rings. The SMILES string of the molecule is CCOc1ccccc1C(=O)N1CCN(c2cc3c(nn2)CCC3)CC1. The van der Waals surface area contributed by atoms with Crippen molar-refractivity contribution in [2.75, 3.05) is 37.7 Å². The molecule has 6 nitrogen and oxygen atoms in total. The van der Waals surface area contributed by atoms with Gasteiger partial charge in [0, 0.05) is 26.2 Å². The molecule has 0 N–H and O–H groups in total. The predicted molar refractivity (Wildman–Crippen MR) is 99.8 cm³/mol. The van der Waals surface area contributed by atoms with Crippen LogP contribution in [0.15, 0.2) is 30.3 Å². The molecule has 136 valence electrons. The maximum absolute atomic E-state index is 12.9. The fourth-order valence-corrected chi connectivity index (χ4v) is 3.71. The Kier molecular flexibility index (Phi) is 4.73. The Morgan fingerprint density at radius 3 is 2.73 bits per heavy atom. The quantitative estimate of drug-likeness (QED) is 0.845. The minimum Gasteiger partial charge on any atom is -0.493 e. The highest BCUT2D eigenvalue weighted by atomic mass is 16.5. The number of benzene rings is 1. The van der Waals surface area contributed by atoms with Crippen LogP contribution in [0, 0.1) is 0 Å². The first kappa shape index (κ1) is 16.8. The zero-order valence-electron chi connectivity index (χ0n) is 15.1. The Balaban J connectivity index is 1.43. The summed E-state index contributed by atoms with van der Waals surface area (Å²) in [7, 11) is 0. The number of carbonyl (C=O) groups is 1. The molecule has 1 saturated heterocycles. The van der Waals surface area contributed by atoms with E-state index in [-0.39, 0.29) is 5.91 Å². The highest BCUT2D eigenvalue weighted by Crippen LogP contribution is 2.24. The number of para-hydroxylation sites is 1. The summed E-state index contributed by atoms with van der Waals surface area (Å²) in [6.45, 7) is 5.38. The third-order valence-corrected chi connectivity index (χ3v) is 5.12. The zero-order chi connectivity index (χ0) is 17.9. The van der Waals surface area contributed by atoms with Crippen LogP contribution in [0.3, 0.4) is 0 Å². The topological polar surface area (TPSA) is 58.6 Å². The van der Waals surface area contributed by atoms with Crippen LogP contribution in [0.5, 0.6) is 5.75 Å². The number of aryl methyl sites for hydroxylation is 2. The van der Waals surface area contributed by atoms with Crippen LogP contribution in [0.2, 0.25) is 0 Å². The standard InChI is InChI=1S/C20H24N4O2/c1-2-26-18-9-4-3-7-16(18)20(25)24-12-10-23(11-13-24)19-14-15-6-5-8-17(15)21-22-19/h3-4,7,9,14H,2,5-6,8,10-13H2,1H3. The molecular weight excluding hydrogens is 328 g/mol. The van der Waals surface area contributed by atoms with Crippen LogP contribution >= 0.6 is 0 Å². The van der Waals surface area contributed by atoms with Gasteiger partial charge in [-0.05, 0) is 49.9 Å². The molecule has 1 fully saturated rings. The summed E-state index contributed by atoms with van der Waals surface area (Å²) in [5, 5.41) is 8.77. The summed E-state index contributed by atoms with van der Waals surface area (Å²) in [6, 6.07) is 9.65. The van der Waals surface area contributed by atoms with Crippen molar-refractivity contribution in [2.24, 2.45) is 0 Å². The minimum atomic E-state index is 0.0359. The summed E-state index contributed by atoms with van der Waals surface area (Å²) in [5.74, 6) is 1.63. The maximum Gasteiger partial charge on any atom is 0.257 e. The van der Waals surface area contributed by atoms with E-state index in [9.17, 15) is 4.79 Å². The molecule has 0 bridgehead atoms. The molecule has 0 saturated carbocycles. The lowest BCUT2D eigenvalue weighted by atomic mass is 10.1. The van der Waals surface area contributed by atoms with Crippen LogP contribution in [0.25, 0.3) is 0 Å². The Morgan fingerprint density at radius 1 is 1.12 bits per heavy atom. The molecule has 2 heterocycles. The van der Waals surface area contributed by atoms with Gasteiger partial charge in [0.15, 0.2) is 5.82 Å². The summed E-state index contributed by atoms with van der Waals surface area (Å²) < 4.78 is 5.61. The van der Waals surface area contributed by atoms with E-state index >= 15 is 0 Å². The van der Waals surface area contributed by atoms with E-state index in [0.717, 1.165) is 37.4 Å². The number of hydrogen-bond donors (Lipinski definition) is 0. The fourth-order valence-electron chi connectivity index (χ4n) is 3.71. The molecule has 1 amide bonds. The lowest BCUT2D eigenvalue weighted by Crippen LogP contribution is -2.49. The van der Waals surface area contributed by atoms with Gasteiger partial charge in [0.05, 0.1) is 17.9 Å². The van der Waals surface area contributed by atoms with Crippen LogP contribution < -0.4 is 9.64 Å². The van der Waals surface area contributed by atoms with Crippen molar-refractivity contribution < 1.29 is 9.53 Å². The third kappa shape index (κ3) is 3.23. The number of ether oxygens (including phenoxy) is 1. The number of nitrogens with zero attached hydrogens (tertiary/aromatic N) is 4. The van der Waals surface area contributed by atoms with Crippen molar-refractivity contribution >= 4 is 11.7 Å². The minimum absolute atomic E-state index is 0.0359. The lowest BCUT2D eigenvalue weighted by Gasteiger charge is -2.35. The molecule has 4 rings (SSSR count). The van der Waals surface area contributed by atoms with Gasteiger partial charge < -0.3 is 14.5 Å². The van der Waals surface area contributed by atoms with E-state index in [1.54, 1.807) is 0 Å². The van der Waals surface area contributed by atoms with E-state index in [0.29, 0.717) is 31.0 Å². The van der Waals surface area contributed by atoms with E-state index in [4.69, 9.17) is 4.74 Å². The Bertz CT molecular complexity index is 800. The highest BCUT2D eigenvalue weighted by molar-refractivity contribution is 5.97. The van der Waals surface area contributed by atoms with Gasteiger partial charge in [-0.3, -0.25) is 4.79 Å². The lowest BCUT2D eigenvalue weighted by molar-refractivity contribution is 0.0742. The molecule has 0 radical (unpaired) electrons. The molecule has 0 unspecified atom stereocenters. The van der Waals surface area contributed by atoms with Crippen molar-refractivity contribution in [1.82, 2.24) is 15.1 Å². The second kappa shape index (κ2) is 7.32. The molecule has 1 aromatic carbocycles. The van der Waals surface area contributed by atoms with Crippen molar-refractivity contribution in [1.29, 1.82) is 0 Å². The molecule has 1 aromatic heterocycles. The summed E-state index contributed by atoms with van der Waals surface area (Å²) in [5.41, 5.74) is 3.12. The van der Waals surface area contributed by atoms with Gasteiger partial charge in [0.25, 0.3) is 5.91 Å². The van der Waals surface area contributed by atoms with Crippen molar-refractivity contribution in [3.8, 4) is 5.75 Å². The Morgan fingerprint density at radius 2 is 1.92 bits per heavy atom. The summed E-state index contributed by atoms with van der Waals surface area (Å²) in [4.78, 5) is 17.0. The van der Waals surface area contributed by atoms with Gasteiger partial charge in [-0.15, -0.1) is 5.10 Å². The predicted octanol–water partition coefficient (Wildman–Crippen LogP) is 2.33. The number of hydrogen-bond acceptors (Lipinski definition) is 5. The smallest absolute Gasteiger partial charge is 0.257 e. The number of amides is 1. The third-order valence-electron chi connectivity index (χ3n) is 5.12. The van der Waals surface area contributed by atoms with Gasteiger partial charge in [-0.1, -0.05) is 12.1 Å². The maximum atomic E-state index is 12.9. The Hall–Kier alpha value is -2.63. The number of carbonyl (C=O) groups excluding carboxylic acids is 1. The second-order valence-corrected chi connectivity index (χ2v) is 6.74. The zero-order valence-corrected chi connectivity index (χ0v) is 15.1. The largest absolute Gasteiger partial charge is 0.493 e. The van der Waals surface area contributed by atoms with Gasteiger partial charge in [0.2, 0.25) is 0 Å². The van der Waals surface area contributed by atoms with Crippen molar-refractivity contribution in [3.05, 3.63) is 47.2 Å². The van der Waals surface area contributed by atoms with E-state index in [2.05, 4.69) is 21.2 Å². The number of fused-ring (bicyclic) bond motifs is 1. The van der Waals surface area contributed by atoms with Crippen LogP contribution in [-0.4, -0.2) is 53.8 Å². The molecular formula is C20H24N4O2. The average molecular weight is 352 g/mol. The van der Waals surface area contributed by atoms with Crippen LogP contribution in [-0.2, 0) is 12.8 Å². The van der Waals surface area contributed by atoms with E-state index in [1.807, 2.05) is 36.1 Å². The number of aromatic nitrogens is 2. The van der Waals surface area contributed by atoms with Crippen molar-refractivity contribution in [3.63, 3.8) is 0 Å². The summed E-state index contributed by atoms with van der Waals surface area (Å²) >= 11 is 0. The molecule has 26 heavy (non-hydrogen) atoms. The van der Waals surface area contributed by atoms with Gasteiger partial charge in [-0.25, -0.2) is 0 Å². The first-order valence-electron chi connectivity index (χ1n) is 9.38. The number of rotatable bonds is 4. The molecule has 2 aliphatic rings. The number of piperazine rings is 1. The second-order valence-electron chi connectivity index (χ2n) is 6.74. The average Bonchev–Trinajstić information content (AvgIpc) is 3.16. The van der Waals surface area contributed by atoms with E-state index < -0.39 is 0 Å². The summed E-state index contributed by atoms with van der Waals surface area (Å²) in [6.07, 6.45) is 3.32. The van der Waals surface area contributed by atoms with Gasteiger partial charge in [-0.2, -0.15) is 5.10 Å². The molecule has 1 aliphatic heterocycles. The first-order chi connectivity index (χ1) is 12.8. The van der Waals surface area contributed by atoms with Crippen molar-refractivity contribution in [2.45, 2.75) is 26.2 Å². The fraction of sp³-hybridized carbons (Fsp3) is 0.450. The molecule has 0 atom stereocenters. The van der Waals surface area contributed by atoms with Crippen LogP contribution in [0.4, 0.5) is 5.82 Å². The monoisotopic (exact) mass is 352 g/mol.